The molecule has 0 fully saturated rings. The van der Waals surface area contributed by atoms with Crippen LogP contribution in [0.15, 0.2) is 12.1 Å². The maximum absolute atomic E-state index is 12.6. The largest absolute Gasteiger partial charge is 0.417 e. The lowest BCUT2D eigenvalue weighted by Crippen LogP contribution is -2.18. The summed E-state index contributed by atoms with van der Waals surface area (Å²) in [6, 6.07) is 3.60. The fraction of sp³-hybridized carbons (Fsp3) is 0.200. The van der Waals surface area contributed by atoms with Gasteiger partial charge in [0, 0.05) is 0 Å². The minimum absolute atomic E-state index is 0.117. The van der Waals surface area contributed by atoms with Gasteiger partial charge in [0.1, 0.15) is 6.07 Å². The molecule has 0 atom stereocenters. The van der Waals surface area contributed by atoms with Gasteiger partial charge in [-0.25, -0.2) is 0 Å². The summed E-state index contributed by atoms with van der Waals surface area (Å²) in [6.45, 7) is 1.22. The van der Waals surface area contributed by atoms with Gasteiger partial charge >= 0.3 is 6.18 Å². The summed E-state index contributed by atoms with van der Waals surface area (Å²) < 4.78 is 37.9. The minimum atomic E-state index is -4.68. The quantitative estimate of drug-likeness (QED) is 0.798. The molecule has 1 amide bonds. The number of alkyl halides is 3. The molecule has 1 aromatic rings. The van der Waals surface area contributed by atoms with Crippen LogP contribution in [0.5, 0.6) is 0 Å². The van der Waals surface area contributed by atoms with Gasteiger partial charge < -0.3 is 5.73 Å². The van der Waals surface area contributed by atoms with Crippen molar-refractivity contribution in [1.82, 2.24) is 0 Å². The number of nitriles is 1. The van der Waals surface area contributed by atoms with E-state index in [2.05, 4.69) is 0 Å². The average molecular weight is 228 g/mol. The van der Waals surface area contributed by atoms with Crippen LogP contribution in [-0.4, -0.2) is 5.91 Å². The van der Waals surface area contributed by atoms with Crippen LogP contribution < -0.4 is 5.73 Å². The van der Waals surface area contributed by atoms with Crippen LogP contribution in [0.4, 0.5) is 13.2 Å². The maximum Gasteiger partial charge on any atom is 0.417 e. The Morgan fingerprint density at radius 1 is 1.44 bits per heavy atom. The number of hydrogen-bond acceptors (Lipinski definition) is 2. The van der Waals surface area contributed by atoms with Gasteiger partial charge in [-0.3, -0.25) is 4.79 Å². The van der Waals surface area contributed by atoms with Gasteiger partial charge in [-0.2, -0.15) is 18.4 Å². The Hall–Kier alpha value is -2.03. The summed E-state index contributed by atoms with van der Waals surface area (Å²) in [4.78, 5) is 10.9. The van der Waals surface area contributed by atoms with Crippen LogP contribution >= 0.6 is 0 Å². The first-order valence-corrected chi connectivity index (χ1v) is 4.19. The molecule has 0 radical (unpaired) electrons. The maximum atomic E-state index is 12.6. The van der Waals surface area contributed by atoms with Crippen molar-refractivity contribution in [2.24, 2.45) is 5.73 Å². The van der Waals surface area contributed by atoms with E-state index in [9.17, 15) is 18.0 Å². The molecule has 1 aromatic carbocycles. The Balaban J connectivity index is 3.66. The first-order chi connectivity index (χ1) is 7.29. The minimum Gasteiger partial charge on any atom is -0.366 e. The van der Waals surface area contributed by atoms with Gasteiger partial charge in [0.2, 0.25) is 5.91 Å². The van der Waals surface area contributed by atoms with Crippen molar-refractivity contribution in [3.05, 3.63) is 34.4 Å². The second kappa shape index (κ2) is 3.85. The number of nitrogens with zero attached hydrogens (tertiary/aromatic N) is 1. The van der Waals surface area contributed by atoms with E-state index < -0.39 is 28.8 Å². The lowest BCUT2D eigenvalue weighted by atomic mass is 9.96. The number of hydrogen-bond donors (Lipinski definition) is 1. The third-order valence-corrected chi connectivity index (χ3v) is 2.07. The number of rotatable bonds is 1. The van der Waals surface area contributed by atoms with Crippen LogP contribution in [0.3, 0.4) is 0 Å². The van der Waals surface area contributed by atoms with Crippen LogP contribution in [0, 0.1) is 18.3 Å². The number of aryl methyl sites for hydroxylation is 1. The van der Waals surface area contributed by atoms with Crippen molar-refractivity contribution in [3.63, 3.8) is 0 Å². The van der Waals surface area contributed by atoms with Crippen molar-refractivity contribution in [3.8, 4) is 6.07 Å². The zero-order chi connectivity index (χ0) is 12.5. The number of amides is 1. The molecular weight excluding hydrogens is 221 g/mol. The molecule has 2 N–H and O–H groups in total. The molecule has 1 rings (SSSR count). The van der Waals surface area contributed by atoms with Crippen LogP contribution in [0.1, 0.15) is 27.0 Å². The first-order valence-electron chi connectivity index (χ1n) is 4.19. The van der Waals surface area contributed by atoms with Gasteiger partial charge in [0.15, 0.2) is 0 Å². The highest BCUT2D eigenvalue weighted by Gasteiger charge is 2.36. The van der Waals surface area contributed by atoms with Crippen molar-refractivity contribution >= 4 is 5.91 Å². The van der Waals surface area contributed by atoms with Crippen molar-refractivity contribution in [2.45, 2.75) is 13.1 Å². The Kier molecular flexibility index (Phi) is 2.90. The molecule has 0 saturated carbocycles. The molecule has 16 heavy (non-hydrogen) atoms. The Morgan fingerprint density at radius 3 is 2.38 bits per heavy atom. The molecule has 0 saturated heterocycles. The predicted octanol–water partition coefficient (Wildman–Crippen LogP) is 1.98. The molecule has 84 valence electrons. The number of carbonyl (C=O) groups excluding carboxylic acids is 1. The highest BCUT2D eigenvalue weighted by molar-refractivity contribution is 5.96. The number of nitrogens with two attached hydrogens (primary N) is 1. The van der Waals surface area contributed by atoms with E-state index in [0.29, 0.717) is 0 Å². The van der Waals surface area contributed by atoms with Crippen LogP contribution in [-0.2, 0) is 6.18 Å². The normalized spacial score (nSPS) is 10.9. The third kappa shape index (κ3) is 1.98. The third-order valence-electron chi connectivity index (χ3n) is 2.07. The van der Waals surface area contributed by atoms with Crippen molar-refractivity contribution < 1.29 is 18.0 Å². The summed E-state index contributed by atoms with van der Waals surface area (Å²) in [5, 5.41) is 8.68. The van der Waals surface area contributed by atoms with Crippen molar-refractivity contribution in [2.75, 3.05) is 0 Å². The standard InChI is InChI=1S/C10H7F3N2O/c1-5-2-3-6(9(15)16)7(4-14)8(5)10(11,12)13/h2-3H,1H3,(H2,15,16). The average Bonchev–Trinajstić information content (AvgIpc) is 2.14. The topological polar surface area (TPSA) is 66.9 Å². The fourth-order valence-corrected chi connectivity index (χ4v) is 1.39. The molecule has 0 spiro atoms. The summed E-state index contributed by atoms with van der Waals surface area (Å²) in [6.07, 6.45) is -4.68. The Labute approximate surface area is 89.3 Å². The van der Waals surface area contributed by atoms with Crippen LogP contribution in [0.25, 0.3) is 0 Å². The van der Waals surface area contributed by atoms with E-state index >= 15 is 0 Å². The Bertz CT molecular complexity index is 486. The molecular formula is C10H7F3N2O. The highest BCUT2D eigenvalue weighted by Crippen LogP contribution is 2.35. The van der Waals surface area contributed by atoms with Gasteiger partial charge in [0.25, 0.3) is 0 Å². The van der Waals surface area contributed by atoms with E-state index in [1.54, 1.807) is 0 Å². The van der Waals surface area contributed by atoms with E-state index in [4.69, 9.17) is 11.0 Å². The summed E-state index contributed by atoms with van der Waals surface area (Å²) >= 11 is 0. The summed E-state index contributed by atoms with van der Waals surface area (Å²) in [5.41, 5.74) is 2.53. The molecule has 0 aliphatic carbocycles. The number of carbonyl (C=O) groups is 1. The summed E-state index contributed by atoms with van der Waals surface area (Å²) in [5.74, 6) is -1.05. The second-order valence-corrected chi connectivity index (χ2v) is 3.15. The molecule has 0 heterocycles. The SMILES string of the molecule is Cc1ccc(C(N)=O)c(C#N)c1C(F)(F)F. The lowest BCUT2D eigenvalue weighted by Gasteiger charge is -2.13. The zero-order valence-corrected chi connectivity index (χ0v) is 8.22. The monoisotopic (exact) mass is 228 g/mol. The highest BCUT2D eigenvalue weighted by atomic mass is 19.4. The van der Waals surface area contributed by atoms with Gasteiger partial charge in [-0.15, -0.1) is 0 Å². The number of benzene rings is 1. The lowest BCUT2D eigenvalue weighted by molar-refractivity contribution is -0.138. The van der Waals surface area contributed by atoms with Gasteiger partial charge in [-0.05, 0) is 18.6 Å². The molecule has 0 unspecified atom stereocenters. The van der Waals surface area contributed by atoms with Gasteiger partial charge in [-0.1, -0.05) is 6.07 Å². The smallest absolute Gasteiger partial charge is 0.366 e. The molecule has 0 aliphatic heterocycles. The molecule has 0 aliphatic rings. The van der Waals surface area contributed by atoms with Crippen molar-refractivity contribution in [1.29, 1.82) is 5.26 Å². The second-order valence-electron chi connectivity index (χ2n) is 3.15. The molecule has 0 bridgehead atoms. The fourth-order valence-electron chi connectivity index (χ4n) is 1.39. The van der Waals surface area contributed by atoms with E-state index in [1.165, 1.54) is 13.0 Å². The molecule has 6 heteroatoms. The molecule has 3 nitrogen and oxygen atoms in total. The predicted molar refractivity (Wildman–Crippen MR) is 49.4 cm³/mol. The summed E-state index contributed by atoms with van der Waals surface area (Å²) in [7, 11) is 0. The van der Waals surface area contributed by atoms with Gasteiger partial charge in [0.05, 0.1) is 16.7 Å². The number of primary amides is 1. The molecule has 0 aromatic heterocycles. The van der Waals surface area contributed by atoms with E-state index in [0.717, 1.165) is 12.1 Å². The van der Waals surface area contributed by atoms with Crippen LogP contribution in [0.2, 0.25) is 0 Å². The Morgan fingerprint density at radius 2 is 2.00 bits per heavy atom. The van der Waals surface area contributed by atoms with E-state index in [1.807, 2.05) is 0 Å². The zero-order valence-electron chi connectivity index (χ0n) is 8.22. The number of halogens is 3. The van der Waals surface area contributed by atoms with E-state index in [-0.39, 0.29) is 5.56 Å². The first kappa shape index (κ1) is 12.0.